The fourth-order valence-corrected chi connectivity index (χ4v) is 1.06. The highest BCUT2D eigenvalue weighted by molar-refractivity contribution is 5.87. The lowest BCUT2D eigenvalue weighted by molar-refractivity contribution is 0.0594. The SMILES string of the molecule is CNCCC#Cc1cccc(C(=O)OC)n1. The summed E-state index contributed by atoms with van der Waals surface area (Å²) < 4.78 is 4.57. The largest absolute Gasteiger partial charge is 0.464 e. The molecular weight excluding hydrogens is 204 g/mol. The number of nitrogens with one attached hydrogen (secondary N) is 1. The summed E-state index contributed by atoms with van der Waals surface area (Å²) >= 11 is 0. The maximum atomic E-state index is 11.2. The van der Waals surface area contributed by atoms with Crippen LogP contribution >= 0.6 is 0 Å². The van der Waals surface area contributed by atoms with Crippen molar-refractivity contribution >= 4 is 5.97 Å². The summed E-state index contributed by atoms with van der Waals surface area (Å²) in [4.78, 5) is 15.3. The highest BCUT2D eigenvalue weighted by Crippen LogP contribution is 1.99. The first-order valence-electron chi connectivity index (χ1n) is 4.96. The van der Waals surface area contributed by atoms with Crippen LogP contribution < -0.4 is 5.32 Å². The average Bonchev–Trinajstić information content (AvgIpc) is 2.34. The van der Waals surface area contributed by atoms with Crippen LogP contribution in [0.2, 0.25) is 0 Å². The fraction of sp³-hybridized carbons (Fsp3) is 0.333. The van der Waals surface area contributed by atoms with E-state index in [1.807, 2.05) is 7.05 Å². The van der Waals surface area contributed by atoms with Gasteiger partial charge in [0.15, 0.2) is 0 Å². The van der Waals surface area contributed by atoms with E-state index in [1.54, 1.807) is 18.2 Å². The molecule has 1 aromatic heterocycles. The number of nitrogens with zero attached hydrogens (tertiary/aromatic N) is 1. The lowest BCUT2D eigenvalue weighted by atomic mass is 10.3. The minimum atomic E-state index is -0.445. The first-order chi connectivity index (χ1) is 7.77. The maximum Gasteiger partial charge on any atom is 0.356 e. The van der Waals surface area contributed by atoms with Crippen molar-refractivity contribution in [3.05, 3.63) is 29.6 Å². The van der Waals surface area contributed by atoms with E-state index < -0.39 is 5.97 Å². The molecule has 4 heteroatoms. The summed E-state index contributed by atoms with van der Waals surface area (Å²) in [6.45, 7) is 0.837. The van der Waals surface area contributed by atoms with Crippen LogP contribution in [0.15, 0.2) is 18.2 Å². The van der Waals surface area contributed by atoms with Gasteiger partial charge in [-0.1, -0.05) is 12.0 Å². The van der Waals surface area contributed by atoms with E-state index in [-0.39, 0.29) is 5.69 Å². The number of hydrogen-bond donors (Lipinski definition) is 1. The Morgan fingerprint density at radius 1 is 1.56 bits per heavy atom. The Morgan fingerprint density at radius 2 is 2.38 bits per heavy atom. The van der Waals surface area contributed by atoms with E-state index in [9.17, 15) is 4.79 Å². The van der Waals surface area contributed by atoms with Crippen molar-refractivity contribution in [1.82, 2.24) is 10.3 Å². The highest BCUT2D eigenvalue weighted by atomic mass is 16.5. The van der Waals surface area contributed by atoms with Crippen LogP contribution in [-0.4, -0.2) is 31.7 Å². The van der Waals surface area contributed by atoms with Crippen molar-refractivity contribution in [2.75, 3.05) is 20.7 Å². The molecule has 0 spiro atoms. The van der Waals surface area contributed by atoms with Crippen molar-refractivity contribution in [3.8, 4) is 11.8 Å². The lowest BCUT2D eigenvalue weighted by Crippen LogP contribution is -2.06. The van der Waals surface area contributed by atoms with Crippen molar-refractivity contribution in [2.24, 2.45) is 0 Å². The van der Waals surface area contributed by atoms with Crippen LogP contribution in [0.4, 0.5) is 0 Å². The molecule has 0 bridgehead atoms. The third-order valence-electron chi connectivity index (χ3n) is 1.86. The number of ether oxygens (including phenoxy) is 1. The molecule has 1 N–H and O–H groups in total. The van der Waals surface area contributed by atoms with Gasteiger partial charge < -0.3 is 10.1 Å². The predicted octanol–water partition coefficient (Wildman–Crippen LogP) is 0.829. The molecule has 0 amide bonds. The molecule has 0 fully saturated rings. The lowest BCUT2D eigenvalue weighted by Gasteiger charge is -1.97. The van der Waals surface area contributed by atoms with E-state index >= 15 is 0 Å². The smallest absolute Gasteiger partial charge is 0.356 e. The molecule has 0 aliphatic heterocycles. The summed E-state index contributed by atoms with van der Waals surface area (Å²) in [6, 6.07) is 5.10. The Hall–Kier alpha value is -1.86. The van der Waals surface area contributed by atoms with Gasteiger partial charge in [0.2, 0.25) is 0 Å². The van der Waals surface area contributed by atoms with Gasteiger partial charge >= 0.3 is 5.97 Å². The van der Waals surface area contributed by atoms with Gasteiger partial charge in [-0.2, -0.15) is 0 Å². The number of rotatable bonds is 3. The first kappa shape index (κ1) is 12.2. The molecule has 1 aromatic rings. The molecule has 0 aliphatic rings. The molecule has 0 unspecified atom stereocenters. The molecule has 84 valence electrons. The van der Waals surface area contributed by atoms with Gasteiger partial charge in [0, 0.05) is 13.0 Å². The number of carbonyl (C=O) groups is 1. The van der Waals surface area contributed by atoms with Crippen LogP contribution in [0, 0.1) is 11.8 Å². The van der Waals surface area contributed by atoms with Crippen LogP contribution in [0.25, 0.3) is 0 Å². The highest BCUT2D eigenvalue weighted by Gasteiger charge is 2.05. The molecule has 0 atom stereocenters. The Balaban J connectivity index is 2.73. The second-order valence-electron chi connectivity index (χ2n) is 3.05. The Kier molecular flexibility index (Phi) is 5.03. The molecule has 0 aliphatic carbocycles. The van der Waals surface area contributed by atoms with Gasteiger partial charge in [-0.05, 0) is 25.1 Å². The quantitative estimate of drug-likeness (QED) is 0.464. The Bertz CT molecular complexity index is 419. The van der Waals surface area contributed by atoms with Gasteiger partial charge in [0.25, 0.3) is 0 Å². The predicted molar refractivity (Wildman–Crippen MR) is 61.0 cm³/mol. The number of esters is 1. The number of pyridine rings is 1. The van der Waals surface area contributed by atoms with Crippen LogP contribution in [0.3, 0.4) is 0 Å². The zero-order valence-electron chi connectivity index (χ0n) is 9.41. The van der Waals surface area contributed by atoms with E-state index in [1.165, 1.54) is 7.11 Å². The minimum Gasteiger partial charge on any atom is -0.464 e. The van der Waals surface area contributed by atoms with E-state index in [0.717, 1.165) is 13.0 Å². The normalized spacial score (nSPS) is 9.12. The molecule has 1 rings (SSSR count). The molecule has 16 heavy (non-hydrogen) atoms. The fourth-order valence-electron chi connectivity index (χ4n) is 1.06. The third-order valence-corrected chi connectivity index (χ3v) is 1.86. The van der Waals surface area contributed by atoms with Crippen LogP contribution in [0.1, 0.15) is 22.6 Å². The summed E-state index contributed by atoms with van der Waals surface area (Å²) in [5.74, 6) is 5.40. The monoisotopic (exact) mass is 218 g/mol. The van der Waals surface area contributed by atoms with Gasteiger partial charge in [0.05, 0.1) is 7.11 Å². The summed E-state index contributed by atoms with van der Waals surface area (Å²) in [7, 11) is 3.20. The number of aromatic nitrogens is 1. The minimum absolute atomic E-state index is 0.280. The maximum absolute atomic E-state index is 11.2. The Labute approximate surface area is 95.0 Å². The average molecular weight is 218 g/mol. The number of methoxy groups -OCH3 is 1. The van der Waals surface area contributed by atoms with E-state index in [0.29, 0.717) is 5.69 Å². The molecular formula is C12H14N2O2. The topological polar surface area (TPSA) is 51.2 Å². The van der Waals surface area contributed by atoms with Crippen molar-refractivity contribution in [3.63, 3.8) is 0 Å². The number of carbonyl (C=O) groups excluding carboxylic acids is 1. The zero-order chi connectivity index (χ0) is 11.8. The van der Waals surface area contributed by atoms with Crippen LogP contribution in [0.5, 0.6) is 0 Å². The van der Waals surface area contributed by atoms with Crippen molar-refractivity contribution in [2.45, 2.75) is 6.42 Å². The molecule has 4 nitrogen and oxygen atoms in total. The third kappa shape index (κ3) is 3.71. The molecule has 0 saturated heterocycles. The first-order valence-corrected chi connectivity index (χ1v) is 4.96. The van der Waals surface area contributed by atoms with Gasteiger partial charge in [-0.15, -0.1) is 0 Å². The standard InChI is InChI=1S/C12H14N2O2/c1-13-9-4-3-6-10-7-5-8-11(14-10)12(15)16-2/h5,7-8,13H,4,9H2,1-2H3. The van der Waals surface area contributed by atoms with Crippen molar-refractivity contribution < 1.29 is 9.53 Å². The second kappa shape index (κ2) is 6.59. The number of hydrogen-bond acceptors (Lipinski definition) is 4. The van der Waals surface area contributed by atoms with Gasteiger partial charge in [-0.3, -0.25) is 0 Å². The second-order valence-corrected chi connectivity index (χ2v) is 3.05. The molecule has 0 saturated carbocycles. The summed E-state index contributed by atoms with van der Waals surface area (Å²) in [5.41, 5.74) is 0.863. The van der Waals surface area contributed by atoms with Crippen LogP contribution in [-0.2, 0) is 4.74 Å². The molecule has 0 aromatic carbocycles. The summed E-state index contributed by atoms with van der Waals surface area (Å²) in [5, 5.41) is 3.00. The van der Waals surface area contributed by atoms with E-state index in [2.05, 4.69) is 26.9 Å². The van der Waals surface area contributed by atoms with E-state index in [4.69, 9.17) is 0 Å². The Morgan fingerprint density at radius 3 is 3.06 bits per heavy atom. The zero-order valence-corrected chi connectivity index (χ0v) is 9.41. The van der Waals surface area contributed by atoms with Gasteiger partial charge in [0.1, 0.15) is 11.4 Å². The molecule has 1 heterocycles. The van der Waals surface area contributed by atoms with Crippen molar-refractivity contribution in [1.29, 1.82) is 0 Å². The van der Waals surface area contributed by atoms with Gasteiger partial charge in [-0.25, -0.2) is 9.78 Å². The summed E-state index contributed by atoms with van der Waals surface area (Å²) in [6.07, 6.45) is 0.751. The molecule has 0 radical (unpaired) electrons.